The molecule has 88 valence electrons. The third-order valence-corrected chi connectivity index (χ3v) is 3.69. The molecule has 5 nitrogen and oxygen atoms in total. The van der Waals surface area contributed by atoms with Crippen LogP contribution in [-0.4, -0.2) is 25.8 Å². The Morgan fingerprint density at radius 2 is 2.25 bits per heavy atom. The predicted molar refractivity (Wildman–Crippen MR) is 60.7 cm³/mol. The lowest BCUT2D eigenvalue weighted by atomic mass is 9.79. The summed E-state index contributed by atoms with van der Waals surface area (Å²) in [6, 6.07) is 0. The van der Waals surface area contributed by atoms with Gasteiger partial charge < -0.3 is 9.67 Å². The van der Waals surface area contributed by atoms with Gasteiger partial charge in [-0.2, -0.15) is 5.10 Å². The normalized spacial score (nSPS) is 25.6. The molecule has 0 spiro atoms. The molecule has 1 aromatic rings. The minimum atomic E-state index is -0.724. The van der Waals surface area contributed by atoms with Crippen LogP contribution in [0.15, 0.2) is 0 Å². The van der Waals surface area contributed by atoms with Gasteiger partial charge in [0.05, 0.1) is 5.92 Å². The van der Waals surface area contributed by atoms with Gasteiger partial charge in [0, 0.05) is 13.0 Å². The van der Waals surface area contributed by atoms with Crippen LogP contribution in [0.4, 0.5) is 0 Å². The molecule has 1 fully saturated rings. The predicted octanol–water partition coefficient (Wildman–Crippen LogP) is 1.84. The van der Waals surface area contributed by atoms with Crippen molar-refractivity contribution >= 4 is 18.2 Å². The Kier molecular flexibility index (Phi) is 3.09. The molecule has 1 heterocycles. The van der Waals surface area contributed by atoms with E-state index in [0.717, 1.165) is 31.5 Å². The quantitative estimate of drug-likeness (QED) is 0.775. The van der Waals surface area contributed by atoms with E-state index in [1.807, 2.05) is 7.05 Å². The van der Waals surface area contributed by atoms with Crippen molar-refractivity contribution < 1.29 is 9.90 Å². The molecule has 0 radical (unpaired) electrons. The molecular formula is C10H15N3O2S. The second kappa shape index (κ2) is 4.37. The largest absolute Gasteiger partial charge is 0.481 e. The summed E-state index contributed by atoms with van der Waals surface area (Å²) in [5.74, 6) is -0.280. The molecule has 0 amide bonds. The van der Waals surface area contributed by atoms with Crippen LogP contribution in [0.5, 0.6) is 0 Å². The summed E-state index contributed by atoms with van der Waals surface area (Å²) in [5, 5.41) is 16.1. The van der Waals surface area contributed by atoms with E-state index in [2.05, 4.69) is 10.2 Å². The Morgan fingerprint density at radius 1 is 1.56 bits per heavy atom. The van der Waals surface area contributed by atoms with Gasteiger partial charge in [-0.1, -0.05) is 12.8 Å². The van der Waals surface area contributed by atoms with Crippen molar-refractivity contribution in [3.05, 3.63) is 10.6 Å². The summed E-state index contributed by atoms with van der Waals surface area (Å²) in [5.41, 5.74) is 0. The van der Waals surface area contributed by atoms with Crippen LogP contribution < -0.4 is 0 Å². The van der Waals surface area contributed by atoms with E-state index in [0.29, 0.717) is 4.77 Å². The van der Waals surface area contributed by atoms with Gasteiger partial charge in [-0.05, 0) is 25.1 Å². The van der Waals surface area contributed by atoms with Gasteiger partial charge in [0.1, 0.15) is 5.82 Å². The van der Waals surface area contributed by atoms with E-state index in [4.69, 9.17) is 12.2 Å². The number of aromatic amines is 1. The van der Waals surface area contributed by atoms with Crippen molar-refractivity contribution in [3.63, 3.8) is 0 Å². The van der Waals surface area contributed by atoms with Crippen LogP contribution in [0.2, 0.25) is 0 Å². The first-order valence-corrected chi connectivity index (χ1v) is 5.86. The molecule has 0 aliphatic heterocycles. The summed E-state index contributed by atoms with van der Waals surface area (Å²) in [6.07, 6.45) is 3.67. The fraction of sp³-hybridized carbons (Fsp3) is 0.700. The highest BCUT2D eigenvalue weighted by Gasteiger charge is 2.34. The van der Waals surface area contributed by atoms with E-state index in [9.17, 15) is 9.90 Å². The molecule has 16 heavy (non-hydrogen) atoms. The number of hydrogen-bond donors (Lipinski definition) is 2. The first-order chi connectivity index (χ1) is 7.61. The van der Waals surface area contributed by atoms with Crippen molar-refractivity contribution in [2.75, 3.05) is 0 Å². The second-order valence-corrected chi connectivity index (χ2v) is 4.67. The van der Waals surface area contributed by atoms with Gasteiger partial charge in [0.15, 0.2) is 4.77 Å². The average Bonchev–Trinajstić information content (AvgIpc) is 2.60. The molecule has 2 N–H and O–H groups in total. The number of hydrogen-bond acceptors (Lipinski definition) is 3. The van der Waals surface area contributed by atoms with Gasteiger partial charge in [0.2, 0.25) is 0 Å². The Hall–Kier alpha value is -1.17. The lowest BCUT2D eigenvalue weighted by Gasteiger charge is -2.27. The number of aliphatic carboxylic acids is 1. The lowest BCUT2D eigenvalue weighted by Crippen LogP contribution is -2.27. The third kappa shape index (κ3) is 1.89. The lowest BCUT2D eigenvalue weighted by molar-refractivity contribution is -0.143. The van der Waals surface area contributed by atoms with Crippen molar-refractivity contribution in [3.8, 4) is 0 Å². The molecule has 2 atom stereocenters. The Bertz CT molecular complexity index is 451. The van der Waals surface area contributed by atoms with Crippen LogP contribution in [0.25, 0.3) is 0 Å². The highest BCUT2D eigenvalue weighted by atomic mass is 32.1. The molecule has 0 aromatic carbocycles. The topological polar surface area (TPSA) is 70.9 Å². The van der Waals surface area contributed by atoms with Gasteiger partial charge >= 0.3 is 5.97 Å². The summed E-state index contributed by atoms with van der Waals surface area (Å²) < 4.78 is 2.33. The van der Waals surface area contributed by atoms with Crippen molar-refractivity contribution in [2.24, 2.45) is 13.0 Å². The first kappa shape index (κ1) is 11.3. The Balaban J connectivity index is 2.33. The minimum absolute atomic E-state index is 0.0100. The number of H-pyrrole nitrogens is 1. The zero-order valence-electron chi connectivity index (χ0n) is 9.14. The van der Waals surface area contributed by atoms with E-state index in [-0.39, 0.29) is 11.8 Å². The van der Waals surface area contributed by atoms with Crippen LogP contribution in [0.1, 0.15) is 37.4 Å². The van der Waals surface area contributed by atoms with Gasteiger partial charge in [0.25, 0.3) is 0 Å². The maximum atomic E-state index is 11.2. The molecule has 0 saturated heterocycles. The fourth-order valence-corrected chi connectivity index (χ4v) is 2.57. The highest BCUT2D eigenvalue weighted by Crippen LogP contribution is 2.36. The molecule has 6 heteroatoms. The minimum Gasteiger partial charge on any atom is -0.481 e. The highest BCUT2D eigenvalue weighted by molar-refractivity contribution is 7.71. The van der Waals surface area contributed by atoms with Gasteiger partial charge in [-0.15, -0.1) is 0 Å². The summed E-state index contributed by atoms with van der Waals surface area (Å²) in [4.78, 5) is 11.2. The zero-order chi connectivity index (χ0) is 11.7. The number of aromatic nitrogens is 3. The molecule has 1 aliphatic rings. The average molecular weight is 241 g/mol. The Morgan fingerprint density at radius 3 is 2.81 bits per heavy atom. The number of carboxylic acids is 1. The van der Waals surface area contributed by atoms with Crippen LogP contribution in [-0.2, 0) is 11.8 Å². The monoisotopic (exact) mass is 241 g/mol. The van der Waals surface area contributed by atoms with Crippen molar-refractivity contribution in [2.45, 2.75) is 31.6 Å². The van der Waals surface area contributed by atoms with Crippen LogP contribution in [0, 0.1) is 10.7 Å². The number of rotatable bonds is 2. The van der Waals surface area contributed by atoms with Gasteiger partial charge in [-0.3, -0.25) is 9.89 Å². The SMILES string of the molecule is Cn1c([C@@H]2CCCC[C@@H]2C(=O)O)n[nH]c1=S. The smallest absolute Gasteiger partial charge is 0.307 e. The molecule has 1 aliphatic carbocycles. The zero-order valence-corrected chi connectivity index (χ0v) is 9.96. The van der Waals surface area contributed by atoms with Gasteiger partial charge in [-0.25, -0.2) is 0 Å². The third-order valence-electron chi connectivity index (χ3n) is 3.33. The molecule has 1 aromatic heterocycles. The summed E-state index contributed by atoms with van der Waals surface area (Å²) >= 11 is 5.05. The second-order valence-electron chi connectivity index (χ2n) is 4.28. The number of nitrogens with zero attached hydrogens (tertiary/aromatic N) is 2. The maximum absolute atomic E-state index is 11.2. The van der Waals surface area contributed by atoms with Crippen LogP contribution in [0.3, 0.4) is 0 Å². The first-order valence-electron chi connectivity index (χ1n) is 5.45. The van der Waals surface area contributed by atoms with E-state index >= 15 is 0 Å². The molecular weight excluding hydrogens is 226 g/mol. The molecule has 0 unspecified atom stereocenters. The number of nitrogens with one attached hydrogen (secondary N) is 1. The number of carbonyl (C=O) groups is 1. The molecule has 2 rings (SSSR count). The van der Waals surface area contributed by atoms with E-state index < -0.39 is 5.97 Å². The molecule has 0 bridgehead atoms. The fourth-order valence-electron chi connectivity index (χ4n) is 2.43. The summed E-state index contributed by atoms with van der Waals surface area (Å²) in [7, 11) is 1.83. The van der Waals surface area contributed by atoms with E-state index in [1.54, 1.807) is 4.57 Å². The summed E-state index contributed by atoms with van der Waals surface area (Å²) in [6.45, 7) is 0. The van der Waals surface area contributed by atoms with Crippen LogP contribution >= 0.6 is 12.2 Å². The molecule has 1 saturated carbocycles. The van der Waals surface area contributed by atoms with Crippen molar-refractivity contribution in [1.82, 2.24) is 14.8 Å². The maximum Gasteiger partial charge on any atom is 0.307 e. The standard InChI is InChI=1S/C10H15N3O2S/c1-13-8(11-12-10(13)16)6-4-2-3-5-7(6)9(14)15/h6-7H,2-5H2,1H3,(H,12,16)(H,14,15)/t6-,7+/m1/s1. The Labute approximate surface area is 98.5 Å². The van der Waals surface area contributed by atoms with Crippen molar-refractivity contribution in [1.29, 1.82) is 0 Å². The number of carboxylic acid groups (broad SMARTS) is 1. The van der Waals surface area contributed by atoms with E-state index in [1.165, 1.54) is 0 Å².